The van der Waals surface area contributed by atoms with Crippen molar-refractivity contribution in [3.63, 3.8) is 0 Å². The summed E-state index contributed by atoms with van der Waals surface area (Å²) in [6, 6.07) is 5.80. The van der Waals surface area contributed by atoms with Gasteiger partial charge in [-0.2, -0.15) is 5.48 Å². The molecule has 1 amide bonds. The van der Waals surface area contributed by atoms with Crippen LogP contribution in [0, 0.1) is 5.41 Å². The lowest BCUT2D eigenvalue weighted by Crippen LogP contribution is -2.41. The molecule has 0 radical (unpaired) electrons. The number of fused-ring (bicyclic) bond motifs is 1. The zero-order chi connectivity index (χ0) is 24.1. The molecule has 1 aromatic rings. The summed E-state index contributed by atoms with van der Waals surface area (Å²) in [5.74, 6) is 0.807. The van der Waals surface area contributed by atoms with E-state index in [0.717, 1.165) is 42.6 Å². The molecule has 0 saturated carbocycles. The third kappa shape index (κ3) is 10.4. The Kier molecular flexibility index (Phi) is 12.2. The van der Waals surface area contributed by atoms with Crippen molar-refractivity contribution in [2.75, 3.05) is 12.9 Å². The van der Waals surface area contributed by atoms with Crippen LogP contribution in [-0.2, 0) is 25.5 Å². The summed E-state index contributed by atoms with van der Waals surface area (Å²) in [6.45, 7) is 10.3. The molecule has 2 unspecified atom stereocenters. The molecule has 1 heterocycles. The van der Waals surface area contributed by atoms with Gasteiger partial charge >= 0.3 is 6.09 Å². The maximum atomic E-state index is 11.7. The van der Waals surface area contributed by atoms with Crippen LogP contribution in [0.3, 0.4) is 0 Å². The molecule has 0 spiro atoms. The molecule has 32 heavy (non-hydrogen) atoms. The first kappa shape index (κ1) is 27.8. The van der Waals surface area contributed by atoms with Crippen molar-refractivity contribution < 1.29 is 28.6 Å². The quantitative estimate of drug-likeness (QED) is 0.184. The summed E-state index contributed by atoms with van der Waals surface area (Å²) in [5, 5.41) is 8.46. The Labute approximate surface area is 195 Å². The molecule has 1 aliphatic rings. The fourth-order valence-corrected chi connectivity index (χ4v) is 3.15. The van der Waals surface area contributed by atoms with Crippen LogP contribution in [0.15, 0.2) is 18.2 Å². The number of hydrogen-bond donors (Lipinski definition) is 2. The molecule has 0 fully saturated rings. The lowest BCUT2D eigenvalue weighted by molar-refractivity contribution is -0.128. The smallest absolute Gasteiger partial charge is 0.431 e. The Hall–Kier alpha value is -2.26. The van der Waals surface area contributed by atoms with E-state index in [-0.39, 0.29) is 12.2 Å². The monoisotopic (exact) mass is 468 g/mol. The van der Waals surface area contributed by atoms with Gasteiger partial charge in [0.05, 0.1) is 11.7 Å². The zero-order valence-corrected chi connectivity index (χ0v) is 20.7. The van der Waals surface area contributed by atoms with Gasteiger partial charge in [-0.15, -0.1) is 11.8 Å². The molecule has 180 valence electrons. The van der Waals surface area contributed by atoms with Crippen molar-refractivity contribution in [1.82, 2.24) is 5.48 Å². The van der Waals surface area contributed by atoms with Crippen LogP contribution in [0.5, 0.6) is 5.75 Å². The number of carbonyl (C=O) groups is 2. The van der Waals surface area contributed by atoms with Gasteiger partial charge in [-0.3, -0.25) is 15.0 Å². The van der Waals surface area contributed by atoms with E-state index < -0.39 is 11.7 Å². The highest BCUT2D eigenvalue weighted by molar-refractivity contribution is 8.13. The molecular weight excluding hydrogens is 432 g/mol. The molecule has 9 heteroatoms. The van der Waals surface area contributed by atoms with E-state index in [4.69, 9.17) is 19.7 Å². The number of ether oxygens (including phenoxy) is 3. The number of hydroxylamine groups is 1. The summed E-state index contributed by atoms with van der Waals surface area (Å²) < 4.78 is 15.5. The molecule has 0 aliphatic carbocycles. The maximum absolute atomic E-state index is 11.7. The van der Waals surface area contributed by atoms with Gasteiger partial charge in [-0.1, -0.05) is 13.3 Å². The van der Waals surface area contributed by atoms with Crippen LogP contribution in [-0.4, -0.2) is 48.3 Å². The first-order valence-electron chi connectivity index (χ1n) is 10.7. The number of thioether (sulfide) groups is 1. The Morgan fingerprint density at radius 3 is 2.72 bits per heavy atom. The molecule has 0 saturated heterocycles. The van der Waals surface area contributed by atoms with Crippen molar-refractivity contribution in [1.29, 1.82) is 5.41 Å². The van der Waals surface area contributed by atoms with Crippen LogP contribution in [0.2, 0.25) is 0 Å². The Bertz CT molecular complexity index is 750. The third-order valence-corrected chi connectivity index (χ3v) is 5.08. The van der Waals surface area contributed by atoms with E-state index in [0.29, 0.717) is 18.1 Å². The topological polar surface area (TPSA) is 107 Å². The van der Waals surface area contributed by atoms with Gasteiger partial charge in [0, 0.05) is 5.56 Å². The lowest BCUT2D eigenvalue weighted by atomic mass is 9.98. The van der Waals surface area contributed by atoms with Crippen molar-refractivity contribution in [3.05, 3.63) is 29.3 Å². The minimum Gasteiger partial charge on any atom is -0.487 e. The number of nitrogens with one attached hydrogen (secondary N) is 2. The number of benzene rings is 1. The molecule has 2 rings (SSSR count). The van der Waals surface area contributed by atoms with Gasteiger partial charge in [0.2, 0.25) is 0 Å². The van der Waals surface area contributed by atoms with Gasteiger partial charge in [0.15, 0.2) is 0 Å². The fourth-order valence-electron chi connectivity index (χ4n) is 2.79. The number of aryl methyl sites for hydroxylation is 1. The van der Waals surface area contributed by atoms with E-state index >= 15 is 0 Å². The van der Waals surface area contributed by atoms with Crippen LogP contribution >= 0.6 is 11.8 Å². The molecule has 0 aromatic heterocycles. The fraction of sp³-hybridized carbons (Fsp3) is 0.609. The highest BCUT2D eigenvalue weighted by Gasteiger charge is 2.27. The van der Waals surface area contributed by atoms with Gasteiger partial charge < -0.3 is 14.2 Å². The van der Waals surface area contributed by atoms with E-state index in [2.05, 4.69) is 10.2 Å². The van der Waals surface area contributed by atoms with Crippen LogP contribution in [0.25, 0.3) is 0 Å². The first-order valence-corrected chi connectivity index (χ1v) is 12.0. The van der Waals surface area contributed by atoms with Gasteiger partial charge in [-0.25, -0.2) is 4.79 Å². The van der Waals surface area contributed by atoms with Crippen LogP contribution in [0.4, 0.5) is 4.79 Å². The molecule has 0 bridgehead atoms. The minimum absolute atomic E-state index is 0.159. The predicted molar refractivity (Wildman–Crippen MR) is 126 cm³/mol. The normalized spacial score (nSPS) is 15.8. The minimum atomic E-state index is -0.615. The SMILES string of the molecule is CCCCOC=O.CSC(=N)c1ccc2c(c1)CCC(C(C)ONC(=O)OC(C)(C)C)O2. The Morgan fingerprint density at radius 2 is 2.12 bits per heavy atom. The molecule has 1 aromatic carbocycles. The Morgan fingerprint density at radius 1 is 1.41 bits per heavy atom. The van der Waals surface area contributed by atoms with Crippen molar-refractivity contribution in [3.8, 4) is 5.75 Å². The second-order valence-electron chi connectivity index (χ2n) is 8.30. The number of unbranched alkanes of at least 4 members (excludes halogenated alkanes) is 1. The number of hydrogen-bond acceptors (Lipinski definition) is 8. The maximum Gasteiger partial charge on any atom is 0.431 e. The van der Waals surface area contributed by atoms with Crippen LogP contribution in [0.1, 0.15) is 65.0 Å². The molecule has 2 atom stereocenters. The second kappa shape index (κ2) is 14.0. The molecule has 2 N–H and O–H groups in total. The largest absolute Gasteiger partial charge is 0.487 e. The number of carbonyl (C=O) groups excluding carboxylic acids is 2. The van der Waals surface area contributed by atoms with Gasteiger partial charge in [0.25, 0.3) is 6.47 Å². The van der Waals surface area contributed by atoms with Gasteiger partial charge in [-0.05, 0) is 77.0 Å². The predicted octanol–water partition coefficient (Wildman–Crippen LogP) is 4.87. The molecule has 8 nitrogen and oxygen atoms in total. The summed E-state index contributed by atoms with van der Waals surface area (Å²) in [5.41, 5.74) is 3.75. The lowest BCUT2D eigenvalue weighted by Gasteiger charge is -2.30. The third-order valence-electron chi connectivity index (χ3n) is 4.44. The van der Waals surface area contributed by atoms with E-state index in [1.807, 2.05) is 38.3 Å². The molecular formula is C23H36N2O6S. The highest BCUT2D eigenvalue weighted by atomic mass is 32.2. The second-order valence-corrected chi connectivity index (χ2v) is 9.11. The Balaban J connectivity index is 0.000000633. The van der Waals surface area contributed by atoms with Gasteiger partial charge in [0.1, 0.15) is 23.6 Å². The summed E-state index contributed by atoms with van der Waals surface area (Å²) in [4.78, 5) is 26.5. The summed E-state index contributed by atoms with van der Waals surface area (Å²) in [7, 11) is 0. The summed E-state index contributed by atoms with van der Waals surface area (Å²) in [6.07, 6.45) is 4.47. The standard InChI is InChI=1S/C18H26N2O4S.C5H10O2/c1-11(24-20-17(21)23-18(2,3)4)14-8-6-12-10-13(16(19)25-5)7-9-15(12)22-14;1-2-3-4-7-5-6/h7,9-11,14,19H,6,8H2,1-5H3,(H,20,21);5H,2-4H2,1H3. The average molecular weight is 469 g/mol. The van der Waals surface area contributed by atoms with E-state index in [1.165, 1.54) is 11.8 Å². The summed E-state index contributed by atoms with van der Waals surface area (Å²) >= 11 is 1.42. The van der Waals surface area contributed by atoms with Crippen LogP contribution < -0.4 is 10.2 Å². The molecule has 1 aliphatic heterocycles. The average Bonchev–Trinajstić information content (AvgIpc) is 2.75. The van der Waals surface area contributed by atoms with E-state index in [1.54, 1.807) is 20.8 Å². The zero-order valence-electron chi connectivity index (χ0n) is 19.9. The van der Waals surface area contributed by atoms with Crippen molar-refractivity contribution in [2.45, 2.75) is 78.1 Å². The van der Waals surface area contributed by atoms with E-state index in [9.17, 15) is 9.59 Å². The number of rotatable bonds is 8. The number of amides is 1. The van der Waals surface area contributed by atoms with Crippen molar-refractivity contribution in [2.24, 2.45) is 0 Å². The van der Waals surface area contributed by atoms with Crippen molar-refractivity contribution >= 4 is 29.4 Å². The highest BCUT2D eigenvalue weighted by Crippen LogP contribution is 2.30. The first-order chi connectivity index (χ1) is 15.1.